The van der Waals surface area contributed by atoms with Crippen molar-refractivity contribution in [1.29, 1.82) is 5.41 Å². The number of ether oxygens (including phenoxy) is 3. The van der Waals surface area contributed by atoms with Gasteiger partial charge in [0.15, 0.2) is 17.5 Å². The number of carboxylic acids is 1. The van der Waals surface area contributed by atoms with Crippen molar-refractivity contribution in [3.05, 3.63) is 76.3 Å². The monoisotopic (exact) mass is 588 g/mol. The van der Waals surface area contributed by atoms with Crippen molar-refractivity contribution in [3.63, 3.8) is 0 Å². The van der Waals surface area contributed by atoms with Gasteiger partial charge < -0.3 is 40.8 Å². The third-order valence-corrected chi connectivity index (χ3v) is 6.96. The number of nitrogens with one attached hydrogen (secondary N) is 3. The lowest BCUT2D eigenvalue weighted by atomic mass is 9.98. The molecule has 0 bridgehead atoms. The molecule has 222 valence electrons. The van der Waals surface area contributed by atoms with Gasteiger partial charge in [0.2, 0.25) is 0 Å². The van der Waals surface area contributed by atoms with Crippen LogP contribution in [0.1, 0.15) is 50.2 Å². The molecule has 0 radical (unpaired) electrons. The minimum absolute atomic E-state index is 0.0331. The molecule has 2 aliphatic rings. The van der Waals surface area contributed by atoms with Crippen LogP contribution in [0.15, 0.2) is 48.5 Å². The van der Waals surface area contributed by atoms with E-state index in [0.29, 0.717) is 35.2 Å². The molecule has 0 aliphatic carbocycles. The van der Waals surface area contributed by atoms with Crippen molar-refractivity contribution in [2.24, 2.45) is 5.73 Å². The molecule has 0 saturated carbocycles. The van der Waals surface area contributed by atoms with Crippen molar-refractivity contribution < 1.29 is 43.6 Å². The predicted octanol–water partition coefficient (Wildman–Crippen LogP) is 2.52. The number of anilines is 1. The summed E-state index contributed by atoms with van der Waals surface area (Å²) in [6.07, 6.45) is 0.602. The molecular weight excluding hydrogens is 560 g/mol. The van der Waals surface area contributed by atoms with Crippen LogP contribution in [0.5, 0.6) is 23.0 Å². The Morgan fingerprint density at radius 3 is 2.60 bits per heavy atom. The number of nitrogens with two attached hydrogens (primary N) is 1. The van der Waals surface area contributed by atoms with E-state index in [1.807, 2.05) is 0 Å². The Balaban J connectivity index is 1.48. The summed E-state index contributed by atoms with van der Waals surface area (Å²) < 4.78 is 17.0. The van der Waals surface area contributed by atoms with Crippen LogP contribution in [0.3, 0.4) is 0 Å². The number of benzene rings is 3. The van der Waals surface area contributed by atoms with E-state index in [1.165, 1.54) is 24.3 Å². The molecule has 2 heterocycles. The molecule has 1 amide bonds. The molecule has 0 spiro atoms. The molecule has 13 nitrogen and oxygen atoms in total. The number of rotatable bonds is 6. The number of carbonyl (C=O) groups is 4. The molecule has 0 fully saturated rings. The van der Waals surface area contributed by atoms with E-state index in [9.17, 15) is 29.4 Å². The lowest BCUT2D eigenvalue weighted by molar-refractivity contribution is -0.138. The van der Waals surface area contributed by atoms with Crippen molar-refractivity contribution in [3.8, 4) is 23.0 Å². The van der Waals surface area contributed by atoms with Gasteiger partial charge in [-0.15, -0.1) is 0 Å². The average Bonchev–Trinajstić information content (AvgIpc) is 2.94. The van der Waals surface area contributed by atoms with E-state index in [-0.39, 0.29) is 66.0 Å². The number of carboxylic acid groups (broad SMARTS) is 1. The van der Waals surface area contributed by atoms with Gasteiger partial charge in [0.25, 0.3) is 5.91 Å². The highest BCUT2D eigenvalue weighted by Crippen LogP contribution is 2.37. The summed E-state index contributed by atoms with van der Waals surface area (Å²) in [5.74, 6) is -3.52. The Bertz CT molecular complexity index is 1650. The van der Waals surface area contributed by atoms with E-state index in [1.54, 1.807) is 24.3 Å². The SMILES string of the molecule is N=C(N)Nc1ccc2c(c1)CCCOc1c(ccc(CCC(=O)O)c1C(=O)N[C@H]1Cc3ccc(O)cc3OC1=O)OC2=O. The Labute approximate surface area is 245 Å². The second-order valence-electron chi connectivity index (χ2n) is 10.0. The molecule has 43 heavy (non-hydrogen) atoms. The van der Waals surface area contributed by atoms with Crippen LogP contribution < -0.4 is 30.6 Å². The van der Waals surface area contributed by atoms with E-state index < -0.39 is 29.9 Å². The zero-order valence-electron chi connectivity index (χ0n) is 22.8. The quantitative estimate of drug-likeness (QED) is 0.107. The molecular formula is C30H28N4O9. The number of hydrogen-bond acceptors (Lipinski definition) is 9. The van der Waals surface area contributed by atoms with Crippen molar-refractivity contribution in [2.45, 2.75) is 38.1 Å². The number of phenols is 1. The first kappa shape index (κ1) is 28.9. The minimum atomic E-state index is -1.08. The van der Waals surface area contributed by atoms with Crippen LogP contribution in [0.4, 0.5) is 5.69 Å². The average molecular weight is 589 g/mol. The van der Waals surface area contributed by atoms with Gasteiger partial charge in [-0.3, -0.25) is 15.0 Å². The smallest absolute Gasteiger partial charge is 0.343 e. The summed E-state index contributed by atoms with van der Waals surface area (Å²) in [7, 11) is 0. The third kappa shape index (κ3) is 6.50. The number of fused-ring (bicyclic) bond motifs is 3. The molecule has 2 aliphatic heterocycles. The Morgan fingerprint density at radius 2 is 1.84 bits per heavy atom. The maximum atomic E-state index is 13.8. The van der Waals surface area contributed by atoms with Crippen LogP contribution in [0.2, 0.25) is 0 Å². The number of aromatic hydroxyl groups is 1. The number of hydrogen-bond donors (Lipinski definition) is 6. The van der Waals surface area contributed by atoms with Crippen LogP contribution in [-0.2, 0) is 28.9 Å². The standard InChI is InChI=1S/C30H28N4O9/c31-30(32)33-18-6-8-20-16(12-18)2-1-11-41-26-22(42-28(20)39)9-4-15(5-10-24(36)37)25(26)27(38)34-21-13-17-3-7-19(35)14-23(17)43-29(21)40/h3-4,6-9,12,14,21,35H,1-2,5,10-11,13H2,(H,34,38)(H,36,37)(H4,31,32,33)/t21-/m0/s1. The van der Waals surface area contributed by atoms with E-state index >= 15 is 0 Å². The summed E-state index contributed by atoms with van der Waals surface area (Å²) in [5.41, 5.74) is 7.73. The number of amides is 1. The fourth-order valence-electron chi connectivity index (χ4n) is 4.98. The number of aryl methyl sites for hydroxylation is 2. The molecule has 3 aromatic carbocycles. The second-order valence-corrected chi connectivity index (χ2v) is 10.0. The van der Waals surface area contributed by atoms with Gasteiger partial charge in [0.05, 0.1) is 17.7 Å². The molecule has 1 atom stereocenters. The summed E-state index contributed by atoms with van der Waals surface area (Å²) >= 11 is 0. The maximum absolute atomic E-state index is 13.8. The van der Waals surface area contributed by atoms with Gasteiger partial charge in [-0.05, 0) is 66.3 Å². The van der Waals surface area contributed by atoms with E-state index in [2.05, 4.69) is 10.6 Å². The lowest BCUT2D eigenvalue weighted by Crippen LogP contribution is -2.47. The van der Waals surface area contributed by atoms with Gasteiger partial charge in [-0.1, -0.05) is 12.1 Å². The molecule has 13 heteroatoms. The fourth-order valence-corrected chi connectivity index (χ4v) is 4.98. The zero-order chi connectivity index (χ0) is 30.7. The van der Waals surface area contributed by atoms with Gasteiger partial charge >= 0.3 is 17.9 Å². The van der Waals surface area contributed by atoms with Crippen molar-refractivity contribution in [1.82, 2.24) is 5.32 Å². The number of esters is 2. The topological polar surface area (TPSA) is 210 Å². The fraction of sp³-hybridized carbons (Fsp3) is 0.233. The molecule has 3 aromatic rings. The first-order chi connectivity index (χ1) is 20.6. The zero-order valence-corrected chi connectivity index (χ0v) is 22.8. The maximum Gasteiger partial charge on any atom is 0.343 e. The van der Waals surface area contributed by atoms with Crippen LogP contribution >= 0.6 is 0 Å². The normalized spacial score (nSPS) is 15.8. The largest absolute Gasteiger partial charge is 0.508 e. The lowest BCUT2D eigenvalue weighted by Gasteiger charge is -2.25. The Morgan fingerprint density at radius 1 is 1.02 bits per heavy atom. The van der Waals surface area contributed by atoms with Crippen molar-refractivity contribution in [2.75, 3.05) is 11.9 Å². The number of phenolic OH excluding ortho intramolecular Hbond substituents is 1. The van der Waals surface area contributed by atoms with Gasteiger partial charge in [-0.25, -0.2) is 9.59 Å². The molecule has 0 saturated heterocycles. The van der Waals surface area contributed by atoms with E-state index in [4.69, 9.17) is 25.4 Å². The summed E-state index contributed by atoms with van der Waals surface area (Å²) in [6.45, 7) is 0.110. The summed E-state index contributed by atoms with van der Waals surface area (Å²) in [5, 5.41) is 31.8. The first-order valence-corrected chi connectivity index (χ1v) is 13.4. The third-order valence-electron chi connectivity index (χ3n) is 6.96. The highest BCUT2D eigenvalue weighted by atomic mass is 16.6. The Kier molecular flexibility index (Phi) is 8.14. The predicted molar refractivity (Wildman–Crippen MR) is 152 cm³/mol. The second kappa shape index (κ2) is 12.1. The van der Waals surface area contributed by atoms with Crippen LogP contribution in [0.25, 0.3) is 0 Å². The van der Waals surface area contributed by atoms with Crippen LogP contribution in [-0.4, -0.2) is 52.6 Å². The number of carbonyl (C=O) groups excluding carboxylic acids is 3. The van der Waals surface area contributed by atoms with Gasteiger partial charge in [0, 0.05) is 24.6 Å². The highest BCUT2D eigenvalue weighted by molar-refractivity contribution is 6.02. The number of aliphatic carboxylic acids is 1. The number of guanidine groups is 1. The van der Waals surface area contributed by atoms with Gasteiger partial charge in [0.1, 0.15) is 17.5 Å². The molecule has 0 aromatic heterocycles. The van der Waals surface area contributed by atoms with E-state index in [0.717, 1.165) is 0 Å². The van der Waals surface area contributed by atoms with Crippen molar-refractivity contribution >= 4 is 35.5 Å². The summed E-state index contributed by atoms with van der Waals surface area (Å²) in [4.78, 5) is 51.1. The molecule has 7 N–H and O–H groups in total. The molecule has 5 rings (SSSR count). The van der Waals surface area contributed by atoms with Gasteiger partial charge in [-0.2, -0.15) is 0 Å². The minimum Gasteiger partial charge on any atom is -0.508 e. The Hall–Kier alpha value is -5.59. The molecule has 0 unspecified atom stereocenters. The summed E-state index contributed by atoms with van der Waals surface area (Å²) in [6, 6.07) is 11.0. The van der Waals surface area contributed by atoms with Crippen LogP contribution in [0, 0.1) is 5.41 Å². The highest BCUT2D eigenvalue weighted by Gasteiger charge is 2.33. The first-order valence-electron chi connectivity index (χ1n) is 13.4.